The molecule has 0 aromatic rings. The SMILES string of the molecule is C/C=C/C(=O)O/C(O)=C/C. The van der Waals surface area contributed by atoms with Crippen molar-refractivity contribution in [2.45, 2.75) is 13.8 Å². The molecule has 0 heterocycles. The van der Waals surface area contributed by atoms with Crippen molar-refractivity contribution in [3.05, 3.63) is 24.2 Å². The Morgan fingerprint density at radius 1 is 1.50 bits per heavy atom. The highest BCUT2D eigenvalue weighted by molar-refractivity contribution is 5.82. The van der Waals surface area contributed by atoms with Crippen molar-refractivity contribution in [1.82, 2.24) is 0 Å². The van der Waals surface area contributed by atoms with Gasteiger partial charge in [-0.1, -0.05) is 6.08 Å². The van der Waals surface area contributed by atoms with E-state index in [1.807, 2.05) is 0 Å². The summed E-state index contributed by atoms with van der Waals surface area (Å²) < 4.78 is 4.33. The van der Waals surface area contributed by atoms with E-state index in [9.17, 15) is 4.79 Å². The van der Waals surface area contributed by atoms with Crippen LogP contribution in [-0.2, 0) is 9.53 Å². The maximum atomic E-state index is 10.5. The smallest absolute Gasteiger partial charge is 0.338 e. The van der Waals surface area contributed by atoms with Gasteiger partial charge in [-0.3, -0.25) is 0 Å². The number of carbonyl (C=O) groups excluding carboxylic acids is 1. The first-order valence-corrected chi connectivity index (χ1v) is 2.90. The fraction of sp³-hybridized carbons (Fsp3) is 0.286. The summed E-state index contributed by atoms with van der Waals surface area (Å²) in [6, 6.07) is 0. The Morgan fingerprint density at radius 3 is 2.50 bits per heavy atom. The van der Waals surface area contributed by atoms with E-state index in [1.165, 1.54) is 18.2 Å². The topological polar surface area (TPSA) is 46.5 Å². The first-order chi connectivity index (χ1) is 4.70. The Labute approximate surface area is 59.6 Å². The van der Waals surface area contributed by atoms with Gasteiger partial charge in [0.05, 0.1) is 0 Å². The number of carbonyl (C=O) groups is 1. The first kappa shape index (κ1) is 8.75. The molecular formula is C7H10O3. The lowest BCUT2D eigenvalue weighted by atomic mass is 10.5. The number of hydrogen-bond donors (Lipinski definition) is 1. The largest absolute Gasteiger partial charge is 0.481 e. The zero-order valence-electron chi connectivity index (χ0n) is 6.00. The van der Waals surface area contributed by atoms with Crippen molar-refractivity contribution in [3.63, 3.8) is 0 Å². The third-order valence-electron chi connectivity index (χ3n) is 0.755. The van der Waals surface area contributed by atoms with Gasteiger partial charge in [0.25, 0.3) is 5.95 Å². The van der Waals surface area contributed by atoms with Gasteiger partial charge in [0, 0.05) is 6.08 Å². The monoisotopic (exact) mass is 142 g/mol. The molecule has 0 saturated heterocycles. The summed E-state index contributed by atoms with van der Waals surface area (Å²) >= 11 is 0. The Kier molecular flexibility index (Phi) is 4.04. The summed E-state index contributed by atoms with van der Waals surface area (Å²) in [6.45, 7) is 3.26. The molecule has 0 amide bonds. The highest BCUT2D eigenvalue weighted by Gasteiger charge is 1.97. The maximum absolute atomic E-state index is 10.5. The normalized spacial score (nSPS) is 12.0. The predicted molar refractivity (Wildman–Crippen MR) is 37.3 cm³/mol. The highest BCUT2D eigenvalue weighted by atomic mass is 16.6. The van der Waals surface area contributed by atoms with Gasteiger partial charge in [0.1, 0.15) is 0 Å². The third kappa shape index (κ3) is 3.72. The van der Waals surface area contributed by atoms with Crippen LogP contribution in [0.2, 0.25) is 0 Å². The van der Waals surface area contributed by atoms with E-state index in [-0.39, 0.29) is 5.95 Å². The zero-order valence-corrected chi connectivity index (χ0v) is 6.00. The van der Waals surface area contributed by atoms with Crippen molar-refractivity contribution in [2.75, 3.05) is 0 Å². The lowest BCUT2D eigenvalue weighted by Gasteiger charge is -1.95. The Hall–Kier alpha value is -1.25. The quantitative estimate of drug-likeness (QED) is 0.361. The predicted octanol–water partition coefficient (Wildman–Crippen LogP) is 1.52. The number of aliphatic hydroxyl groups excluding tert-OH is 1. The first-order valence-electron chi connectivity index (χ1n) is 2.90. The van der Waals surface area contributed by atoms with Crippen molar-refractivity contribution in [2.24, 2.45) is 0 Å². The van der Waals surface area contributed by atoms with Crippen LogP contribution in [0.5, 0.6) is 0 Å². The van der Waals surface area contributed by atoms with Gasteiger partial charge in [-0.25, -0.2) is 4.79 Å². The van der Waals surface area contributed by atoms with Gasteiger partial charge >= 0.3 is 5.97 Å². The molecule has 0 aliphatic rings. The van der Waals surface area contributed by atoms with E-state index < -0.39 is 5.97 Å². The number of ether oxygens (including phenoxy) is 1. The molecule has 0 aromatic heterocycles. The fourth-order valence-electron chi connectivity index (χ4n) is 0.332. The van der Waals surface area contributed by atoms with E-state index in [1.54, 1.807) is 13.8 Å². The summed E-state index contributed by atoms with van der Waals surface area (Å²) in [7, 11) is 0. The molecule has 0 radical (unpaired) electrons. The number of aliphatic hydroxyl groups is 1. The Balaban J connectivity index is 3.80. The van der Waals surface area contributed by atoms with Gasteiger partial charge in [0.15, 0.2) is 0 Å². The van der Waals surface area contributed by atoms with Crippen LogP contribution in [0, 0.1) is 0 Å². The van der Waals surface area contributed by atoms with Crippen LogP contribution < -0.4 is 0 Å². The maximum Gasteiger partial charge on any atom is 0.338 e. The lowest BCUT2D eigenvalue weighted by Crippen LogP contribution is -1.99. The molecule has 0 rings (SSSR count). The molecule has 0 atom stereocenters. The summed E-state index contributed by atoms with van der Waals surface area (Å²) in [6.07, 6.45) is 4.05. The molecule has 3 nitrogen and oxygen atoms in total. The number of allylic oxidation sites excluding steroid dienone is 2. The van der Waals surface area contributed by atoms with Crippen LogP contribution in [-0.4, -0.2) is 11.1 Å². The highest BCUT2D eigenvalue weighted by Crippen LogP contribution is 1.91. The molecule has 1 N–H and O–H groups in total. The van der Waals surface area contributed by atoms with Gasteiger partial charge in [-0.2, -0.15) is 0 Å². The molecule has 56 valence electrons. The Bertz CT molecular complexity index is 168. The van der Waals surface area contributed by atoms with Gasteiger partial charge in [0.2, 0.25) is 0 Å². The number of hydrogen-bond acceptors (Lipinski definition) is 3. The van der Waals surface area contributed by atoms with Crippen LogP contribution in [0.3, 0.4) is 0 Å². The minimum Gasteiger partial charge on any atom is -0.481 e. The molecule has 0 aromatic carbocycles. The van der Waals surface area contributed by atoms with Gasteiger partial charge < -0.3 is 9.84 Å². The van der Waals surface area contributed by atoms with Gasteiger partial charge in [-0.05, 0) is 19.9 Å². The van der Waals surface area contributed by atoms with Crippen molar-refractivity contribution >= 4 is 5.97 Å². The van der Waals surface area contributed by atoms with E-state index in [0.717, 1.165) is 0 Å². The lowest BCUT2D eigenvalue weighted by molar-refractivity contribution is -0.137. The summed E-state index contributed by atoms with van der Waals surface area (Å²) in [5.41, 5.74) is 0. The van der Waals surface area contributed by atoms with E-state index >= 15 is 0 Å². The Morgan fingerprint density at radius 2 is 2.10 bits per heavy atom. The van der Waals surface area contributed by atoms with E-state index in [4.69, 9.17) is 5.11 Å². The molecule has 10 heavy (non-hydrogen) atoms. The van der Waals surface area contributed by atoms with E-state index in [2.05, 4.69) is 4.74 Å². The second-order valence-electron chi connectivity index (χ2n) is 1.55. The third-order valence-corrected chi connectivity index (χ3v) is 0.755. The molecule has 0 unspecified atom stereocenters. The van der Waals surface area contributed by atoms with Crippen LogP contribution in [0.1, 0.15) is 13.8 Å². The average Bonchev–Trinajstić information content (AvgIpc) is 1.88. The van der Waals surface area contributed by atoms with Crippen molar-refractivity contribution < 1.29 is 14.6 Å². The molecule has 0 spiro atoms. The standard InChI is InChI=1S/C7H10O3/c1-3-5-7(9)10-6(8)4-2/h3-5,8H,1-2H3/b5-3+,6-4+. The molecule has 0 fully saturated rings. The second-order valence-corrected chi connectivity index (χ2v) is 1.55. The van der Waals surface area contributed by atoms with E-state index in [0.29, 0.717) is 0 Å². The van der Waals surface area contributed by atoms with Crippen LogP contribution in [0.4, 0.5) is 0 Å². The molecule has 0 bridgehead atoms. The van der Waals surface area contributed by atoms with Crippen LogP contribution in [0.15, 0.2) is 24.2 Å². The molecule has 0 aliphatic heterocycles. The number of esters is 1. The molecule has 3 heteroatoms. The molecule has 0 saturated carbocycles. The number of rotatable bonds is 2. The summed E-state index contributed by atoms with van der Waals surface area (Å²) in [4.78, 5) is 10.5. The fourth-order valence-corrected chi connectivity index (χ4v) is 0.332. The van der Waals surface area contributed by atoms with Gasteiger partial charge in [-0.15, -0.1) is 0 Å². The van der Waals surface area contributed by atoms with Crippen molar-refractivity contribution in [3.8, 4) is 0 Å². The summed E-state index contributed by atoms with van der Waals surface area (Å²) in [5.74, 6) is -0.943. The second kappa shape index (κ2) is 4.61. The zero-order chi connectivity index (χ0) is 7.98. The van der Waals surface area contributed by atoms with Crippen LogP contribution in [0.25, 0.3) is 0 Å². The minimum absolute atomic E-state index is 0.372. The molecular weight excluding hydrogens is 132 g/mol. The minimum atomic E-state index is -0.571. The molecule has 0 aliphatic carbocycles. The summed E-state index contributed by atoms with van der Waals surface area (Å²) in [5, 5.41) is 8.64. The average molecular weight is 142 g/mol. The van der Waals surface area contributed by atoms with Crippen LogP contribution >= 0.6 is 0 Å². The van der Waals surface area contributed by atoms with Crippen molar-refractivity contribution in [1.29, 1.82) is 0 Å².